The van der Waals surface area contributed by atoms with Crippen LogP contribution in [0.25, 0.3) is 0 Å². The molecule has 0 rings (SSSR count). The van der Waals surface area contributed by atoms with E-state index in [1.54, 1.807) is 6.92 Å². The molecule has 0 aromatic carbocycles. The molecule has 0 bridgehead atoms. The van der Waals surface area contributed by atoms with Crippen LogP contribution in [0, 0.1) is 0 Å². The molecular weight excluding hydrogens is 176 g/mol. The molecule has 0 fully saturated rings. The summed E-state index contributed by atoms with van der Waals surface area (Å²) < 4.78 is 0. The van der Waals surface area contributed by atoms with Crippen LogP contribution >= 0.6 is 0 Å². The first kappa shape index (κ1) is 13.6. The van der Waals surface area contributed by atoms with Gasteiger partial charge in [-0.25, -0.2) is 0 Å². The fourth-order valence-corrected chi connectivity index (χ4v) is 1.59. The minimum absolute atomic E-state index is 0.108. The summed E-state index contributed by atoms with van der Waals surface area (Å²) in [6, 6.07) is 0.108. The average Bonchev–Trinajstić information content (AvgIpc) is 2.09. The second-order valence-electron chi connectivity index (χ2n) is 3.94. The molecule has 0 aliphatic rings. The Bertz CT molecular complexity index is 157. The molecule has 0 aliphatic heterocycles. The van der Waals surface area contributed by atoms with Gasteiger partial charge >= 0.3 is 0 Å². The van der Waals surface area contributed by atoms with Crippen LogP contribution in [0.1, 0.15) is 33.1 Å². The SMILES string of the molecule is CCNCCCC[C@@H](C(C)=O)N(C)C. The van der Waals surface area contributed by atoms with Crippen molar-refractivity contribution in [3.63, 3.8) is 0 Å². The first-order chi connectivity index (χ1) is 6.59. The van der Waals surface area contributed by atoms with Crippen LogP contribution < -0.4 is 5.32 Å². The van der Waals surface area contributed by atoms with Crippen molar-refractivity contribution in [3.8, 4) is 0 Å². The molecule has 84 valence electrons. The van der Waals surface area contributed by atoms with Gasteiger partial charge in [0.25, 0.3) is 0 Å². The summed E-state index contributed by atoms with van der Waals surface area (Å²) in [5.41, 5.74) is 0. The molecule has 3 nitrogen and oxygen atoms in total. The number of hydrogen-bond acceptors (Lipinski definition) is 3. The van der Waals surface area contributed by atoms with E-state index in [1.165, 1.54) is 0 Å². The van der Waals surface area contributed by atoms with Gasteiger partial charge in [-0.15, -0.1) is 0 Å². The Morgan fingerprint density at radius 2 is 2.00 bits per heavy atom. The minimum atomic E-state index is 0.108. The summed E-state index contributed by atoms with van der Waals surface area (Å²) in [6.45, 7) is 5.88. The Balaban J connectivity index is 3.57. The highest BCUT2D eigenvalue weighted by molar-refractivity contribution is 5.81. The van der Waals surface area contributed by atoms with E-state index >= 15 is 0 Å². The molecule has 0 radical (unpaired) electrons. The van der Waals surface area contributed by atoms with Gasteiger partial charge in [0.2, 0.25) is 0 Å². The summed E-state index contributed by atoms with van der Waals surface area (Å²) in [6.07, 6.45) is 3.26. The van der Waals surface area contributed by atoms with Crippen LogP contribution in [0.5, 0.6) is 0 Å². The van der Waals surface area contributed by atoms with Crippen LogP contribution in [0.3, 0.4) is 0 Å². The van der Waals surface area contributed by atoms with E-state index in [0.29, 0.717) is 0 Å². The molecular formula is C11H24N2O. The number of rotatable bonds is 8. The van der Waals surface area contributed by atoms with Crippen LogP contribution in [-0.4, -0.2) is 43.9 Å². The maximum absolute atomic E-state index is 11.2. The Morgan fingerprint density at radius 3 is 2.43 bits per heavy atom. The zero-order chi connectivity index (χ0) is 11.0. The molecule has 0 saturated carbocycles. The van der Waals surface area contributed by atoms with Gasteiger partial charge in [0.05, 0.1) is 6.04 Å². The number of Topliss-reactive ketones (excluding diaryl/α,β-unsaturated/α-hetero) is 1. The number of nitrogens with one attached hydrogen (secondary N) is 1. The number of ketones is 1. The Labute approximate surface area is 87.9 Å². The molecule has 0 aromatic rings. The third kappa shape index (κ3) is 6.11. The second-order valence-corrected chi connectivity index (χ2v) is 3.94. The van der Waals surface area contributed by atoms with Crippen LogP contribution in [0.15, 0.2) is 0 Å². The fourth-order valence-electron chi connectivity index (χ4n) is 1.59. The molecule has 0 aromatic heterocycles. The Hall–Kier alpha value is -0.410. The second kappa shape index (κ2) is 7.94. The summed E-state index contributed by atoms with van der Waals surface area (Å²) in [5, 5.41) is 3.28. The topological polar surface area (TPSA) is 32.3 Å². The summed E-state index contributed by atoms with van der Waals surface area (Å²) in [7, 11) is 3.94. The van der Waals surface area contributed by atoms with Crippen molar-refractivity contribution >= 4 is 5.78 Å². The van der Waals surface area contributed by atoms with Gasteiger partial charge in [-0.1, -0.05) is 13.3 Å². The monoisotopic (exact) mass is 200 g/mol. The van der Waals surface area contributed by atoms with Gasteiger partial charge in [-0.05, 0) is 47.0 Å². The predicted octanol–water partition coefficient (Wildman–Crippen LogP) is 1.29. The minimum Gasteiger partial charge on any atom is -0.317 e. The number of unbranched alkanes of at least 4 members (excludes halogenated alkanes) is 1. The third-order valence-corrected chi connectivity index (χ3v) is 2.42. The molecule has 0 amide bonds. The number of nitrogens with zero attached hydrogens (tertiary/aromatic N) is 1. The zero-order valence-corrected chi connectivity index (χ0v) is 9.97. The van der Waals surface area contributed by atoms with E-state index in [2.05, 4.69) is 12.2 Å². The fraction of sp³-hybridized carbons (Fsp3) is 0.909. The largest absolute Gasteiger partial charge is 0.317 e. The number of hydrogen-bond donors (Lipinski definition) is 1. The van der Waals surface area contributed by atoms with Gasteiger partial charge in [0.1, 0.15) is 5.78 Å². The Kier molecular flexibility index (Phi) is 7.71. The highest BCUT2D eigenvalue weighted by Gasteiger charge is 2.15. The van der Waals surface area contributed by atoms with Gasteiger partial charge in [-0.3, -0.25) is 9.69 Å². The molecule has 0 saturated heterocycles. The number of carbonyl (C=O) groups excluding carboxylic acids is 1. The van der Waals surface area contributed by atoms with E-state index in [1.807, 2.05) is 19.0 Å². The molecule has 0 unspecified atom stereocenters. The van der Waals surface area contributed by atoms with E-state index in [0.717, 1.165) is 32.4 Å². The van der Waals surface area contributed by atoms with Crippen molar-refractivity contribution < 1.29 is 4.79 Å². The van der Waals surface area contributed by atoms with Gasteiger partial charge < -0.3 is 5.32 Å². The van der Waals surface area contributed by atoms with Crippen LogP contribution in [0.4, 0.5) is 0 Å². The first-order valence-electron chi connectivity index (χ1n) is 5.47. The lowest BCUT2D eigenvalue weighted by atomic mass is 10.1. The quantitative estimate of drug-likeness (QED) is 0.599. The van der Waals surface area contributed by atoms with Crippen LogP contribution in [-0.2, 0) is 4.79 Å². The van der Waals surface area contributed by atoms with Crippen molar-refractivity contribution in [1.29, 1.82) is 0 Å². The van der Waals surface area contributed by atoms with Gasteiger partial charge in [-0.2, -0.15) is 0 Å². The maximum atomic E-state index is 11.2. The Morgan fingerprint density at radius 1 is 1.36 bits per heavy atom. The summed E-state index contributed by atoms with van der Waals surface area (Å²) in [4.78, 5) is 13.3. The molecule has 14 heavy (non-hydrogen) atoms. The molecule has 1 atom stereocenters. The van der Waals surface area contributed by atoms with Crippen LogP contribution in [0.2, 0.25) is 0 Å². The van der Waals surface area contributed by atoms with Gasteiger partial charge in [0, 0.05) is 0 Å². The molecule has 0 heterocycles. The van der Waals surface area contributed by atoms with E-state index in [9.17, 15) is 4.79 Å². The molecule has 0 spiro atoms. The van der Waals surface area contributed by atoms with E-state index in [-0.39, 0.29) is 11.8 Å². The van der Waals surface area contributed by atoms with Gasteiger partial charge in [0.15, 0.2) is 0 Å². The number of carbonyl (C=O) groups is 1. The van der Waals surface area contributed by atoms with E-state index < -0.39 is 0 Å². The highest BCUT2D eigenvalue weighted by atomic mass is 16.1. The third-order valence-electron chi connectivity index (χ3n) is 2.42. The first-order valence-corrected chi connectivity index (χ1v) is 5.47. The van der Waals surface area contributed by atoms with Crippen molar-refractivity contribution in [2.24, 2.45) is 0 Å². The summed E-state index contributed by atoms with van der Waals surface area (Å²) >= 11 is 0. The average molecular weight is 200 g/mol. The zero-order valence-electron chi connectivity index (χ0n) is 9.97. The smallest absolute Gasteiger partial charge is 0.146 e. The maximum Gasteiger partial charge on any atom is 0.146 e. The molecule has 0 aliphatic carbocycles. The predicted molar refractivity (Wildman–Crippen MR) is 60.6 cm³/mol. The molecule has 3 heteroatoms. The lowest BCUT2D eigenvalue weighted by Gasteiger charge is -2.21. The van der Waals surface area contributed by atoms with E-state index in [4.69, 9.17) is 0 Å². The lowest BCUT2D eigenvalue weighted by Crippen LogP contribution is -2.34. The normalized spacial score (nSPS) is 13.2. The highest BCUT2D eigenvalue weighted by Crippen LogP contribution is 2.06. The summed E-state index contributed by atoms with van der Waals surface area (Å²) in [5.74, 6) is 0.276. The van der Waals surface area contributed by atoms with Crippen molar-refractivity contribution in [2.45, 2.75) is 39.2 Å². The molecule has 1 N–H and O–H groups in total. The van der Waals surface area contributed by atoms with Crippen molar-refractivity contribution in [3.05, 3.63) is 0 Å². The number of likely N-dealkylation sites (N-methyl/N-ethyl adjacent to an activating group) is 1. The van der Waals surface area contributed by atoms with Crippen molar-refractivity contribution in [2.75, 3.05) is 27.2 Å². The standard InChI is InChI=1S/C11H24N2O/c1-5-12-9-7-6-8-11(10(2)14)13(3)4/h11-12H,5-9H2,1-4H3/t11-/m0/s1. The lowest BCUT2D eigenvalue weighted by molar-refractivity contribution is -0.121. The van der Waals surface area contributed by atoms with Crippen molar-refractivity contribution in [1.82, 2.24) is 10.2 Å².